The first kappa shape index (κ1) is 15.1. The van der Waals surface area contributed by atoms with Gasteiger partial charge in [0.05, 0.1) is 22.7 Å². The molecule has 0 aliphatic heterocycles. The second-order valence-electron chi connectivity index (χ2n) is 4.38. The van der Waals surface area contributed by atoms with Gasteiger partial charge < -0.3 is 5.32 Å². The van der Waals surface area contributed by atoms with Gasteiger partial charge in [0.1, 0.15) is 4.60 Å². The summed E-state index contributed by atoms with van der Waals surface area (Å²) >= 11 is 3.24. The molecule has 1 aromatic carbocycles. The first-order valence-electron chi connectivity index (χ1n) is 6.12. The van der Waals surface area contributed by atoms with Crippen molar-refractivity contribution in [3.8, 4) is 0 Å². The van der Waals surface area contributed by atoms with Gasteiger partial charge in [0.25, 0.3) is 5.69 Å². The molecule has 1 aromatic heterocycles. The number of hydrogen-bond acceptors (Lipinski definition) is 4. The number of carbonyl (C=O) groups is 1. The van der Waals surface area contributed by atoms with Gasteiger partial charge >= 0.3 is 0 Å². The first-order chi connectivity index (χ1) is 9.97. The molecule has 2 aromatic rings. The number of benzene rings is 1. The van der Waals surface area contributed by atoms with Gasteiger partial charge in [0.15, 0.2) is 0 Å². The van der Waals surface area contributed by atoms with Crippen molar-refractivity contribution in [1.82, 2.24) is 4.98 Å². The molecule has 1 amide bonds. The monoisotopic (exact) mass is 349 g/mol. The number of pyridine rings is 1. The van der Waals surface area contributed by atoms with Crippen LogP contribution in [0.3, 0.4) is 0 Å². The lowest BCUT2D eigenvalue weighted by Gasteiger charge is -2.08. The maximum absolute atomic E-state index is 12.0. The zero-order valence-corrected chi connectivity index (χ0v) is 12.8. The number of aryl methyl sites for hydroxylation is 1. The second kappa shape index (κ2) is 6.45. The van der Waals surface area contributed by atoms with Crippen molar-refractivity contribution in [1.29, 1.82) is 0 Å². The Morgan fingerprint density at radius 2 is 2.05 bits per heavy atom. The summed E-state index contributed by atoms with van der Waals surface area (Å²) in [6.07, 6.45) is -0.0628. The van der Waals surface area contributed by atoms with E-state index in [9.17, 15) is 14.9 Å². The highest BCUT2D eigenvalue weighted by molar-refractivity contribution is 9.10. The van der Waals surface area contributed by atoms with Crippen LogP contribution in [0.4, 0.5) is 11.4 Å². The predicted molar refractivity (Wildman–Crippen MR) is 82.1 cm³/mol. The molecule has 7 heteroatoms. The lowest BCUT2D eigenvalue weighted by atomic mass is 10.1. The van der Waals surface area contributed by atoms with E-state index in [2.05, 4.69) is 26.2 Å². The van der Waals surface area contributed by atoms with Crippen LogP contribution in [0.2, 0.25) is 0 Å². The molecule has 1 heterocycles. The number of amides is 1. The van der Waals surface area contributed by atoms with Crippen molar-refractivity contribution < 1.29 is 9.72 Å². The van der Waals surface area contributed by atoms with Crippen molar-refractivity contribution in [3.05, 3.63) is 62.4 Å². The maximum Gasteiger partial charge on any atom is 0.273 e. The number of aromatic nitrogens is 1. The Hall–Kier alpha value is -2.28. The normalized spacial score (nSPS) is 10.2. The summed E-state index contributed by atoms with van der Waals surface area (Å²) in [5.74, 6) is -0.323. The van der Waals surface area contributed by atoms with Crippen LogP contribution in [0.1, 0.15) is 11.3 Å². The smallest absolute Gasteiger partial charge is 0.273 e. The third kappa shape index (κ3) is 3.85. The van der Waals surface area contributed by atoms with Crippen LogP contribution in [-0.2, 0) is 11.2 Å². The van der Waals surface area contributed by atoms with E-state index in [1.807, 2.05) is 0 Å². The molecule has 0 saturated heterocycles. The van der Waals surface area contributed by atoms with Crippen LogP contribution < -0.4 is 5.32 Å². The highest BCUT2D eigenvalue weighted by Crippen LogP contribution is 2.20. The number of nitro benzene ring substituents is 1. The summed E-state index contributed by atoms with van der Waals surface area (Å²) in [5, 5.41) is 13.6. The van der Waals surface area contributed by atoms with Crippen molar-refractivity contribution in [3.63, 3.8) is 0 Å². The fourth-order valence-electron chi connectivity index (χ4n) is 1.87. The molecule has 0 aliphatic carbocycles. The predicted octanol–water partition coefficient (Wildman–Crippen LogP) is 3.24. The number of nitrogens with zero attached hydrogens (tertiary/aromatic N) is 2. The second-order valence-corrected chi connectivity index (χ2v) is 5.19. The molecular weight excluding hydrogens is 338 g/mol. The molecular formula is C14H12BrN3O3. The zero-order chi connectivity index (χ0) is 15.4. The topological polar surface area (TPSA) is 85.1 Å². The molecule has 0 radical (unpaired) electrons. The Labute approximate surface area is 129 Å². The third-order valence-electron chi connectivity index (χ3n) is 2.87. The summed E-state index contributed by atoms with van der Waals surface area (Å²) in [5.41, 5.74) is 1.57. The average molecular weight is 350 g/mol. The van der Waals surface area contributed by atoms with Crippen molar-refractivity contribution in [2.75, 3.05) is 5.32 Å². The van der Waals surface area contributed by atoms with Crippen LogP contribution in [0.15, 0.2) is 41.0 Å². The summed E-state index contributed by atoms with van der Waals surface area (Å²) in [6, 6.07) is 9.64. The van der Waals surface area contributed by atoms with Crippen molar-refractivity contribution >= 4 is 33.2 Å². The molecule has 108 valence electrons. The fraction of sp³-hybridized carbons (Fsp3) is 0.143. The van der Waals surface area contributed by atoms with Crippen LogP contribution >= 0.6 is 15.9 Å². The summed E-state index contributed by atoms with van der Waals surface area (Å²) in [7, 11) is 0. The quantitative estimate of drug-likeness (QED) is 0.521. The molecule has 0 bridgehead atoms. The number of rotatable bonds is 4. The van der Waals surface area contributed by atoms with Gasteiger partial charge in [0, 0.05) is 11.6 Å². The number of hydrogen-bond donors (Lipinski definition) is 1. The van der Waals surface area contributed by atoms with E-state index in [0.29, 0.717) is 21.5 Å². The SMILES string of the molecule is Cc1nc(Br)ccc1NC(=O)Cc1ccccc1[N+](=O)[O-]. The maximum atomic E-state index is 12.0. The van der Waals surface area contributed by atoms with E-state index in [4.69, 9.17) is 0 Å². The number of para-hydroxylation sites is 1. The fourth-order valence-corrected chi connectivity index (χ4v) is 2.27. The van der Waals surface area contributed by atoms with Gasteiger partial charge in [-0.3, -0.25) is 14.9 Å². The molecule has 2 rings (SSSR count). The van der Waals surface area contributed by atoms with Crippen LogP contribution in [0.25, 0.3) is 0 Å². The van der Waals surface area contributed by atoms with E-state index in [0.717, 1.165) is 0 Å². The van der Waals surface area contributed by atoms with E-state index >= 15 is 0 Å². The van der Waals surface area contributed by atoms with E-state index in [1.165, 1.54) is 6.07 Å². The molecule has 0 aliphatic rings. The molecule has 0 atom stereocenters. The number of halogens is 1. The molecule has 0 spiro atoms. The number of nitro groups is 1. The first-order valence-corrected chi connectivity index (χ1v) is 6.92. The number of anilines is 1. The summed E-state index contributed by atoms with van der Waals surface area (Å²) in [4.78, 5) is 26.6. The number of nitrogens with one attached hydrogen (secondary N) is 1. The van der Waals surface area contributed by atoms with E-state index < -0.39 is 4.92 Å². The van der Waals surface area contributed by atoms with Crippen LogP contribution in [0, 0.1) is 17.0 Å². The summed E-state index contributed by atoms with van der Waals surface area (Å²) < 4.78 is 0.677. The molecule has 21 heavy (non-hydrogen) atoms. The van der Waals surface area contributed by atoms with E-state index in [1.54, 1.807) is 37.3 Å². The molecule has 6 nitrogen and oxygen atoms in total. The van der Waals surface area contributed by atoms with Gasteiger partial charge in [0.2, 0.25) is 5.91 Å². The minimum atomic E-state index is -0.491. The van der Waals surface area contributed by atoms with Gasteiger partial charge in [-0.15, -0.1) is 0 Å². The Bertz CT molecular complexity index is 704. The van der Waals surface area contributed by atoms with Crippen molar-refractivity contribution in [2.45, 2.75) is 13.3 Å². The lowest BCUT2D eigenvalue weighted by molar-refractivity contribution is -0.385. The Morgan fingerprint density at radius 3 is 2.71 bits per heavy atom. The Kier molecular flexibility index (Phi) is 4.64. The largest absolute Gasteiger partial charge is 0.324 e. The number of carbonyl (C=O) groups excluding carboxylic acids is 1. The highest BCUT2D eigenvalue weighted by Gasteiger charge is 2.16. The molecule has 1 N–H and O–H groups in total. The molecule has 0 saturated carbocycles. The zero-order valence-electron chi connectivity index (χ0n) is 11.2. The molecule has 0 unspecified atom stereocenters. The van der Waals surface area contributed by atoms with Gasteiger partial charge in [-0.25, -0.2) is 4.98 Å². The standard InChI is InChI=1S/C14H12BrN3O3/c1-9-11(6-7-13(15)16-9)17-14(19)8-10-4-2-3-5-12(10)18(20)21/h2-7H,8H2,1H3,(H,17,19). The Balaban J connectivity index is 2.14. The molecule has 0 fully saturated rings. The minimum Gasteiger partial charge on any atom is -0.324 e. The Morgan fingerprint density at radius 1 is 1.33 bits per heavy atom. The lowest BCUT2D eigenvalue weighted by Crippen LogP contribution is -2.16. The minimum absolute atomic E-state index is 0.0571. The summed E-state index contributed by atoms with van der Waals surface area (Å²) in [6.45, 7) is 1.77. The van der Waals surface area contributed by atoms with Gasteiger partial charge in [-0.2, -0.15) is 0 Å². The van der Waals surface area contributed by atoms with Gasteiger partial charge in [-0.05, 0) is 35.0 Å². The highest BCUT2D eigenvalue weighted by atomic mass is 79.9. The van der Waals surface area contributed by atoms with E-state index in [-0.39, 0.29) is 18.0 Å². The van der Waals surface area contributed by atoms with Crippen LogP contribution in [0.5, 0.6) is 0 Å². The van der Waals surface area contributed by atoms with Crippen LogP contribution in [-0.4, -0.2) is 15.8 Å². The third-order valence-corrected chi connectivity index (χ3v) is 3.31. The average Bonchev–Trinajstić information content (AvgIpc) is 2.42. The van der Waals surface area contributed by atoms with Crippen molar-refractivity contribution in [2.24, 2.45) is 0 Å². The van der Waals surface area contributed by atoms with Gasteiger partial charge in [-0.1, -0.05) is 18.2 Å².